The molecular weight excluding hydrogens is 540 g/mol. The van der Waals surface area contributed by atoms with Crippen molar-refractivity contribution in [3.63, 3.8) is 0 Å². The van der Waals surface area contributed by atoms with E-state index in [2.05, 4.69) is 12.1 Å². The number of hydrogen-bond acceptors (Lipinski definition) is 7. The van der Waals surface area contributed by atoms with Gasteiger partial charge in [-0.1, -0.05) is 23.7 Å². The number of carbonyl (C=O) groups is 2. The maximum Gasteiger partial charge on any atom is 0.305 e. The molecule has 2 aromatic carbocycles. The van der Waals surface area contributed by atoms with Gasteiger partial charge in [0.25, 0.3) is 0 Å². The highest BCUT2D eigenvalue weighted by molar-refractivity contribution is 8.16. The Morgan fingerprint density at radius 1 is 1.00 bits per heavy atom. The molecule has 9 heteroatoms. The van der Waals surface area contributed by atoms with Gasteiger partial charge in [-0.2, -0.15) is 0 Å². The number of amides is 1. The molecule has 0 aliphatic rings. The molecule has 0 saturated carbocycles. The minimum atomic E-state index is -0.172. The minimum absolute atomic E-state index is 0.00365. The van der Waals surface area contributed by atoms with Crippen molar-refractivity contribution in [3.05, 3.63) is 65.4 Å². The summed E-state index contributed by atoms with van der Waals surface area (Å²) in [6, 6.07) is 17.9. The lowest BCUT2D eigenvalue weighted by Crippen LogP contribution is -2.21. The van der Waals surface area contributed by atoms with Crippen LogP contribution >= 0.6 is 35.1 Å². The molecule has 0 N–H and O–H groups in total. The third-order valence-corrected chi connectivity index (χ3v) is 8.99. The van der Waals surface area contributed by atoms with Crippen LogP contribution in [0.5, 0.6) is 0 Å². The first-order valence-corrected chi connectivity index (χ1v) is 15.0. The molecule has 0 bridgehead atoms. The van der Waals surface area contributed by atoms with Crippen LogP contribution < -0.4 is 0 Å². The van der Waals surface area contributed by atoms with Gasteiger partial charge < -0.3 is 14.1 Å². The van der Waals surface area contributed by atoms with Gasteiger partial charge in [0.2, 0.25) is 5.91 Å². The molecule has 0 aliphatic carbocycles. The zero-order valence-corrected chi connectivity index (χ0v) is 24.1. The Morgan fingerprint density at radius 2 is 1.79 bits per heavy atom. The number of pyridine rings is 1. The van der Waals surface area contributed by atoms with Gasteiger partial charge >= 0.3 is 5.97 Å². The Labute approximate surface area is 236 Å². The van der Waals surface area contributed by atoms with Gasteiger partial charge in [0.15, 0.2) is 0 Å². The summed E-state index contributed by atoms with van der Waals surface area (Å²) < 4.78 is 11.3. The second-order valence-electron chi connectivity index (χ2n) is 8.96. The fraction of sp³-hybridized carbons (Fsp3) is 0.345. The molecule has 1 atom stereocenters. The van der Waals surface area contributed by atoms with E-state index in [0.717, 1.165) is 51.1 Å². The molecule has 6 nitrogen and oxygen atoms in total. The normalized spacial score (nSPS) is 12.1. The predicted octanol–water partition coefficient (Wildman–Crippen LogP) is 7.59. The molecule has 4 rings (SSSR count). The number of rotatable bonds is 12. The van der Waals surface area contributed by atoms with Crippen LogP contribution in [0.1, 0.15) is 36.5 Å². The Morgan fingerprint density at radius 3 is 2.58 bits per heavy atom. The highest BCUT2D eigenvalue weighted by Crippen LogP contribution is 2.43. The Bertz CT molecular complexity index is 1420. The number of halogens is 1. The lowest BCUT2D eigenvalue weighted by Gasteiger charge is -2.15. The van der Waals surface area contributed by atoms with E-state index in [9.17, 15) is 9.59 Å². The molecule has 4 aromatic rings. The van der Waals surface area contributed by atoms with E-state index >= 15 is 0 Å². The van der Waals surface area contributed by atoms with E-state index in [-0.39, 0.29) is 16.5 Å². The molecule has 0 aliphatic heterocycles. The molecule has 1 unspecified atom stereocenters. The molecule has 1 amide bonds. The molecule has 0 fully saturated rings. The van der Waals surface area contributed by atoms with Gasteiger partial charge in [0.05, 0.1) is 17.8 Å². The van der Waals surface area contributed by atoms with Crippen LogP contribution in [0.25, 0.3) is 33.1 Å². The Hall–Kier alpha value is -2.68. The van der Waals surface area contributed by atoms with Crippen molar-refractivity contribution in [3.8, 4) is 11.3 Å². The number of furan rings is 1. The van der Waals surface area contributed by atoms with Gasteiger partial charge in [-0.3, -0.25) is 9.59 Å². The zero-order valence-electron chi connectivity index (χ0n) is 21.7. The quantitative estimate of drug-likeness (QED) is 0.0986. The van der Waals surface area contributed by atoms with E-state index in [1.807, 2.05) is 49.4 Å². The van der Waals surface area contributed by atoms with Gasteiger partial charge in [0.1, 0.15) is 15.9 Å². The first-order valence-electron chi connectivity index (χ1n) is 12.5. The predicted molar refractivity (Wildman–Crippen MR) is 159 cm³/mol. The number of aromatic nitrogens is 1. The second kappa shape index (κ2) is 13.4. The van der Waals surface area contributed by atoms with Crippen LogP contribution in [0, 0.1) is 0 Å². The summed E-state index contributed by atoms with van der Waals surface area (Å²) in [5.74, 6) is 2.23. The summed E-state index contributed by atoms with van der Waals surface area (Å²) in [6.07, 6.45) is 1.57. The number of fused-ring (bicyclic) bond motifs is 2. The van der Waals surface area contributed by atoms with Crippen LogP contribution in [0.2, 0.25) is 5.02 Å². The molecule has 2 heterocycles. The number of hydrogen-bond donors (Lipinski definition) is 0. The molecule has 0 spiro atoms. The maximum atomic E-state index is 12.1. The van der Waals surface area contributed by atoms with Gasteiger partial charge in [0, 0.05) is 54.0 Å². The number of carbonyl (C=O) groups excluding carboxylic acids is 2. The number of thioether (sulfide) groups is 2. The highest BCUT2D eigenvalue weighted by Gasteiger charge is 2.19. The summed E-state index contributed by atoms with van der Waals surface area (Å²) in [5.41, 5.74) is 3.51. The topological polar surface area (TPSA) is 72.6 Å². The van der Waals surface area contributed by atoms with Crippen molar-refractivity contribution in [2.45, 2.75) is 30.8 Å². The van der Waals surface area contributed by atoms with Crippen molar-refractivity contribution in [2.24, 2.45) is 0 Å². The average molecular weight is 571 g/mol. The van der Waals surface area contributed by atoms with Crippen LogP contribution in [0.15, 0.2) is 59.0 Å². The first kappa shape index (κ1) is 28.3. The maximum absolute atomic E-state index is 12.1. The van der Waals surface area contributed by atoms with Crippen molar-refractivity contribution in [2.75, 3.05) is 32.2 Å². The largest absolute Gasteiger partial charge is 0.466 e. The van der Waals surface area contributed by atoms with Crippen LogP contribution in [-0.4, -0.2) is 54.0 Å². The minimum Gasteiger partial charge on any atom is -0.466 e. The highest BCUT2D eigenvalue weighted by atomic mass is 35.5. The summed E-state index contributed by atoms with van der Waals surface area (Å²) in [6.45, 7) is 2.21. The van der Waals surface area contributed by atoms with E-state index in [0.29, 0.717) is 30.2 Å². The molecule has 2 aromatic heterocycles. The standard InChI is InChI=1S/C29H31ClN2O4S2/c1-4-35-28(34)6-5-14-37-29(38-15-13-27(33)32(2)3)26-17-21-16-20(9-12-25(21)36-26)23-11-8-19-7-10-22(30)18-24(19)31-23/h7-12,16-18,29H,4-6,13-15H2,1-3H3. The van der Waals surface area contributed by atoms with E-state index in [1.165, 1.54) is 0 Å². The van der Waals surface area contributed by atoms with E-state index < -0.39 is 0 Å². The second-order valence-corrected chi connectivity index (χ2v) is 12.1. The smallest absolute Gasteiger partial charge is 0.305 e. The van der Waals surface area contributed by atoms with E-state index in [4.69, 9.17) is 25.7 Å². The van der Waals surface area contributed by atoms with Gasteiger partial charge in [-0.05, 0) is 61.6 Å². The number of esters is 1. The molecular formula is C29H31ClN2O4S2. The number of nitrogens with zero attached hydrogens (tertiary/aromatic N) is 2. The van der Waals surface area contributed by atoms with Gasteiger partial charge in [-0.25, -0.2) is 4.98 Å². The molecule has 38 heavy (non-hydrogen) atoms. The monoisotopic (exact) mass is 570 g/mol. The number of benzene rings is 2. The SMILES string of the molecule is CCOC(=O)CCCSC(SCCC(=O)N(C)C)c1cc2cc(-c3ccc4ccc(Cl)cc4n3)ccc2o1. The van der Waals surface area contributed by atoms with E-state index in [1.54, 1.807) is 42.5 Å². The lowest BCUT2D eigenvalue weighted by molar-refractivity contribution is -0.143. The summed E-state index contributed by atoms with van der Waals surface area (Å²) >= 11 is 9.58. The summed E-state index contributed by atoms with van der Waals surface area (Å²) in [5, 5.41) is 2.69. The lowest BCUT2D eigenvalue weighted by atomic mass is 10.1. The van der Waals surface area contributed by atoms with Crippen LogP contribution in [0.4, 0.5) is 0 Å². The van der Waals surface area contributed by atoms with Crippen LogP contribution in [0.3, 0.4) is 0 Å². The van der Waals surface area contributed by atoms with Crippen molar-refractivity contribution in [1.29, 1.82) is 0 Å². The van der Waals surface area contributed by atoms with Gasteiger partial charge in [-0.15, -0.1) is 23.5 Å². The fourth-order valence-electron chi connectivity index (χ4n) is 3.92. The van der Waals surface area contributed by atoms with Crippen LogP contribution in [-0.2, 0) is 14.3 Å². The fourth-order valence-corrected chi connectivity index (χ4v) is 6.64. The zero-order chi connectivity index (χ0) is 27.1. The first-order chi connectivity index (χ1) is 18.3. The summed E-state index contributed by atoms with van der Waals surface area (Å²) in [4.78, 5) is 30.2. The third kappa shape index (κ3) is 7.46. The molecule has 0 saturated heterocycles. The van der Waals surface area contributed by atoms with Crippen molar-refractivity contribution >= 4 is 68.9 Å². The van der Waals surface area contributed by atoms with Crippen molar-refractivity contribution < 1.29 is 18.7 Å². The van der Waals surface area contributed by atoms with Crippen molar-refractivity contribution in [1.82, 2.24) is 9.88 Å². The molecule has 0 radical (unpaired) electrons. The third-order valence-electron chi connectivity index (χ3n) is 5.90. The summed E-state index contributed by atoms with van der Waals surface area (Å²) in [7, 11) is 3.54. The Balaban J connectivity index is 1.52. The number of ether oxygens (including phenoxy) is 1. The average Bonchev–Trinajstić information content (AvgIpc) is 3.32. The Kier molecular flexibility index (Phi) is 9.99. The molecule has 200 valence electrons.